The average molecular weight is 449 g/mol. The topological polar surface area (TPSA) is 101 Å². The SMILES string of the molecule is CC(C)n1c(=O)c(-c2nccs2)cc2cnc(Nc3ccc(N4CCNCC4)nc3)nc21. The Balaban J connectivity index is 1.47. The number of nitrogens with zero attached hydrogens (tertiary/aromatic N) is 6. The number of fused-ring (bicyclic) bond motifs is 1. The predicted octanol–water partition coefficient (Wildman–Crippen LogP) is 3.04. The standard InChI is InChI=1S/C22H24N8OS/c1-14(2)30-19-15(11-17(21(30)31)20-24-7-10-32-20)12-26-22(28-19)27-16-3-4-18(25-13-16)29-8-5-23-6-9-29/h3-4,7,10-14,23H,5-6,8-9H2,1-2H3,(H,26,27,28). The van der Waals surface area contributed by atoms with Crippen LogP contribution in [0.1, 0.15) is 19.9 Å². The highest BCUT2D eigenvalue weighted by molar-refractivity contribution is 7.13. The van der Waals surface area contributed by atoms with Crippen molar-refractivity contribution in [3.63, 3.8) is 0 Å². The maximum Gasteiger partial charge on any atom is 0.262 e. The molecule has 5 heterocycles. The van der Waals surface area contributed by atoms with Gasteiger partial charge in [0.05, 0.1) is 17.4 Å². The molecular formula is C22H24N8OS. The van der Waals surface area contributed by atoms with Crippen LogP contribution in [-0.4, -0.2) is 50.7 Å². The van der Waals surface area contributed by atoms with E-state index in [2.05, 4.69) is 35.5 Å². The molecule has 9 nitrogen and oxygen atoms in total. The number of thiazole rings is 1. The number of anilines is 3. The lowest BCUT2D eigenvalue weighted by Crippen LogP contribution is -2.43. The Labute approximate surface area is 189 Å². The zero-order valence-corrected chi connectivity index (χ0v) is 18.8. The van der Waals surface area contributed by atoms with E-state index in [1.165, 1.54) is 11.3 Å². The molecule has 1 aliphatic rings. The molecule has 32 heavy (non-hydrogen) atoms. The summed E-state index contributed by atoms with van der Waals surface area (Å²) in [5, 5.41) is 9.91. The molecule has 5 rings (SSSR count). The van der Waals surface area contributed by atoms with E-state index in [0.29, 0.717) is 22.2 Å². The third-order valence-electron chi connectivity index (χ3n) is 5.40. The summed E-state index contributed by atoms with van der Waals surface area (Å²) in [5.74, 6) is 1.38. The molecule has 2 N–H and O–H groups in total. The van der Waals surface area contributed by atoms with Gasteiger partial charge in [-0.05, 0) is 32.0 Å². The monoisotopic (exact) mass is 448 g/mol. The third kappa shape index (κ3) is 3.94. The first kappa shape index (κ1) is 20.5. The van der Waals surface area contributed by atoms with E-state index in [0.717, 1.165) is 43.1 Å². The van der Waals surface area contributed by atoms with Crippen molar-refractivity contribution in [1.29, 1.82) is 0 Å². The summed E-state index contributed by atoms with van der Waals surface area (Å²) < 4.78 is 1.70. The molecular weight excluding hydrogens is 424 g/mol. The number of piperazine rings is 1. The van der Waals surface area contributed by atoms with E-state index in [4.69, 9.17) is 0 Å². The maximum absolute atomic E-state index is 13.2. The first-order chi connectivity index (χ1) is 15.6. The van der Waals surface area contributed by atoms with Crippen LogP contribution in [0.4, 0.5) is 17.5 Å². The van der Waals surface area contributed by atoms with Crippen molar-refractivity contribution in [2.24, 2.45) is 0 Å². The smallest absolute Gasteiger partial charge is 0.262 e. The molecule has 1 fully saturated rings. The molecule has 0 atom stereocenters. The molecule has 0 saturated carbocycles. The lowest BCUT2D eigenvalue weighted by Gasteiger charge is -2.28. The van der Waals surface area contributed by atoms with Crippen LogP contribution in [0, 0.1) is 0 Å². The van der Waals surface area contributed by atoms with Crippen LogP contribution < -0.4 is 21.1 Å². The Morgan fingerprint density at radius 1 is 1.12 bits per heavy atom. The Hall–Kier alpha value is -3.37. The lowest BCUT2D eigenvalue weighted by molar-refractivity contribution is 0.585. The minimum Gasteiger partial charge on any atom is -0.354 e. The number of hydrogen-bond donors (Lipinski definition) is 2. The van der Waals surface area contributed by atoms with Gasteiger partial charge in [-0.25, -0.2) is 15.0 Å². The summed E-state index contributed by atoms with van der Waals surface area (Å²) in [6.07, 6.45) is 5.23. The van der Waals surface area contributed by atoms with Gasteiger partial charge in [-0.3, -0.25) is 9.36 Å². The molecule has 0 amide bonds. The molecule has 1 aliphatic heterocycles. The maximum atomic E-state index is 13.2. The first-order valence-corrected chi connectivity index (χ1v) is 11.5. The fourth-order valence-corrected chi connectivity index (χ4v) is 4.48. The van der Waals surface area contributed by atoms with Crippen LogP contribution >= 0.6 is 11.3 Å². The Bertz CT molecular complexity index is 1280. The Kier molecular flexibility index (Phi) is 5.54. The van der Waals surface area contributed by atoms with Crippen LogP contribution in [-0.2, 0) is 0 Å². The number of aromatic nitrogens is 5. The van der Waals surface area contributed by atoms with Gasteiger partial charge in [-0.1, -0.05) is 0 Å². The van der Waals surface area contributed by atoms with E-state index >= 15 is 0 Å². The van der Waals surface area contributed by atoms with Gasteiger partial charge in [0.2, 0.25) is 5.95 Å². The third-order valence-corrected chi connectivity index (χ3v) is 6.20. The fourth-order valence-electron chi connectivity index (χ4n) is 3.84. The summed E-state index contributed by atoms with van der Waals surface area (Å²) in [5.41, 5.74) is 1.85. The molecule has 0 radical (unpaired) electrons. The molecule has 4 aromatic heterocycles. The molecule has 0 bridgehead atoms. The van der Waals surface area contributed by atoms with Gasteiger partial charge in [0, 0.05) is 55.4 Å². The van der Waals surface area contributed by atoms with Crippen molar-refractivity contribution in [2.75, 3.05) is 36.4 Å². The highest BCUT2D eigenvalue weighted by Gasteiger charge is 2.17. The van der Waals surface area contributed by atoms with E-state index in [1.54, 1.807) is 23.2 Å². The molecule has 0 spiro atoms. The van der Waals surface area contributed by atoms with Gasteiger partial charge in [-0.2, -0.15) is 4.98 Å². The largest absolute Gasteiger partial charge is 0.354 e. The van der Waals surface area contributed by atoms with Crippen molar-refractivity contribution in [2.45, 2.75) is 19.9 Å². The molecule has 0 aliphatic carbocycles. The van der Waals surface area contributed by atoms with Gasteiger partial charge in [-0.15, -0.1) is 11.3 Å². The van der Waals surface area contributed by atoms with Crippen molar-refractivity contribution in [1.82, 2.24) is 29.8 Å². The van der Waals surface area contributed by atoms with Crippen molar-refractivity contribution < 1.29 is 0 Å². The number of hydrogen-bond acceptors (Lipinski definition) is 9. The van der Waals surface area contributed by atoms with E-state index in [-0.39, 0.29) is 11.6 Å². The summed E-state index contributed by atoms with van der Waals surface area (Å²) >= 11 is 1.44. The number of rotatable bonds is 5. The zero-order chi connectivity index (χ0) is 22.1. The van der Waals surface area contributed by atoms with Gasteiger partial charge < -0.3 is 15.5 Å². The minimum atomic E-state index is -0.103. The second-order valence-corrected chi connectivity index (χ2v) is 8.80. The Morgan fingerprint density at radius 3 is 2.66 bits per heavy atom. The van der Waals surface area contributed by atoms with Crippen molar-refractivity contribution >= 4 is 39.8 Å². The van der Waals surface area contributed by atoms with Crippen LogP contribution in [0.15, 0.2) is 47.0 Å². The van der Waals surface area contributed by atoms with Crippen LogP contribution in [0.5, 0.6) is 0 Å². The van der Waals surface area contributed by atoms with E-state index in [1.807, 2.05) is 37.4 Å². The van der Waals surface area contributed by atoms with Crippen molar-refractivity contribution in [3.8, 4) is 10.6 Å². The molecule has 164 valence electrons. The highest BCUT2D eigenvalue weighted by atomic mass is 32.1. The van der Waals surface area contributed by atoms with Crippen LogP contribution in [0.25, 0.3) is 21.6 Å². The van der Waals surface area contributed by atoms with Crippen LogP contribution in [0.2, 0.25) is 0 Å². The van der Waals surface area contributed by atoms with E-state index in [9.17, 15) is 4.79 Å². The highest BCUT2D eigenvalue weighted by Crippen LogP contribution is 2.25. The lowest BCUT2D eigenvalue weighted by atomic mass is 10.2. The van der Waals surface area contributed by atoms with Gasteiger partial charge in [0.25, 0.3) is 5.56 Å². The van der Waals surface area contributed by atoms with Gasteiger partial charge in [0.15, 0.2) is 0 Å². The first-order valence-electron chi connectivity index (χ1n) is 10.6. The van der Waals surface area contributed by atoms with Crippen molar-refractivity contribution in [3.05, 3.63) is 52.5 Å². The Morgan fingerprint density at radius 2 is 1.97 bits per heavy atom. The van der Waals surface area contributed by atoms with Gasteiger partial charge >= 0.3 is 0 Å². The molecule has 4 aromatic rings. The normalized spacial score (nSPS) is 14.3. The average Bonchev–Trinajstić information content (AvgIpc) is 3.34. The minimum absolute atomic E-state index is 0.0624. The van der Waals surface area contributed by atoms with Gasteiger partial charge in [0.1, 0.15) is 16.5 Å². The van der Waals surface area contributed by atoms with E-state index < -0.39 is 0 Å². The summed E-state index contributed by atoms with van der Waals surface area (Å²) in [4.78, 5) is 33.5. The number of pyridine rings is 2. The summed E-state index contributed by atoms with van der Waals surface area (Å²) in [6.45, 7) is 7.77. The summed E-state index contributed by atoms with van der Waals surface area (Å²) in [7, 11) is 0. The molecule has 1 saturated heterocycles. The fraction of sp³-hybridized carbons (Fsp3) is 0.318. The zero-order valence-electron chi connectivity index (χ0n) is 17.9. The number of nitrogens with one attached hydrogen (secondary N) is 2. The molecule has 0 aromatic carbocycles. The second kappa shape index (κ2) is 8.64. The molecule has 0 unspecified atom stereocenters. The van der Waals surface area contributed by atoms with Crippen LogP contribution in [0.3, 0.4) is 0 Å². The second-order valence-electron chi connectivity index (χ2n) is 7.90. The molecule has 10 heteroatoms. The predicted molar refractivity (Wildman–Crippen MR) is 128 cm³/mol. The summed E-state index contributed by atoms with van der Waals surface area (Å²) in [6, 6.07) is 5.73. The quantitative estimate of drug-likeness (QED) is 0.480.